The minimum atomic E-state index is 0.0630. The second kappa shape index (κ2) is 5.41. The monoisotopic (exact) mass is 237 g/mol. The molecule has 0 spiro atoms. The molecule has 0 heterocycles. The second-order valence-corrected chi connectivity index (χ2v) is 5.18. The molecule has 0 unspecified atom stereocenters. The molecule has 3 heteroatoms. The van der Waals surface area contributed by atoms with E-state index >= 15 is 0 Å². The van der Waals surface area contributed by atoms with Crippen molar-refractivity contribution in [3.8, 4) is 11.5 Å². The molecule has 0 radical (unpaired) electrons. The van der Waals surface area contributed by atoms with Crippen molar-refractivity contribution in [3.63, 3.8) is 0 Å². The Morgan fingerprint density at radius 3 is 2.18 bits per heavy atom. The summed E-state index contributed by atoms with van der Waals surface area (Å²) in [5.41, 5.74) is 8.06. The second-order valence-electron chi connectivity index (χ2n) is 5.18. The predicted octanol–water partition coefficient (Wildman–Crippen LogP) is 2.54. The van der Waals surface area contributed by atoms with E-state index in [9.17, 15) is 0 Å². The maximum Gasteiger partial charge on any atom is 0.122 e. The van der Waals surface area contributed by atoms with Crippen molar-refractivity contribution in [2.24, 2.45) is 11.1 Å². The van der Waals surface area contributed by atoms with Crippen LogP contribution in [-0.2, 0) is 6.42 Å². The Labute approximate surface area is 104 Å². The quantitative estimate of drug-likeness (QED) is 0.856. The van der Waals surface area contributed by atoms with Gasteiger partial charge in [0.1, 0.15) is 11.5 Å². The molecule has 0 aliphatic carbocycles. The SMILES string of the molecule is COc1cc(CC(C)(C)CN)c(OC)cc1C. The summed E-state index contributed by atoms with van der Waals surface area (Å²) in [7, 11) is 3.38. The van der Waals surface area contributed by atoms with Crippen LogP contribution >= 0.6 is 0 Å². The Kier molecular flexibility index (Phi) is 4.40. The van der Waals surface area contributed by atoms with E-state index in [1.807, 2.05) is 19.1 Å². The van der Waals surface area contributed by atoms with Crippen molar-refractivity contribution >= 4 is 0 Å². The van der Waals surface area contributed by atoms with Crippen LogP contribution in [-0.4, -0.2) is 20.8 Å². The molecule has 3 nitrogen and oxygen atoms in total. The summed E-state index contributed by atoms with van der Waals surface area (Å²) in [4.78, 5) is 0. The molecule has 0 saturated heterocycles. The van der Waals surface area contributed by atoms with Crippen molar-refractivity contribution in [1.29, 1.82) is 0 Å². The predicted molar refractivity (Wildman–Crippen MR) is 70.8 cm³/mol. The van der Waals surface area contributed by atoms with Crippen LogP contribution in [0.4, 0.5) is 0 Å². The van der Waals surface area contributed by atoms with Gasteiger partial charge in [0.15, 0.2) is 0 Å². The first-order valence-electron chi connectivity index (χ1n) is 5.85. The first kappa shape index (κ1) is 13.8. The van der Waals surface area contributed by atoms with E-state index in [4.69, 9.17) is 15.2 Å². The third-order valence-electron chi connectivity index (χ3n) is 3.02. The zero-order valence-electron chi connectivity index (χ0n) is 11.5. The highest BCUT2D eigenvalue weighted by Crippen LogP contribution is 2.32. The minimum Gasteiger partial charge on any atom is -0.496 e. The van der Waals surface area contributed by atoms with Crippen LogP contribution in [0.15, 0.2) is 12.1 Å². The van der Waals surface area contributed by atoms with Crippen molar-refractivity contribution in [2.75, 3.05) is 20.8 Å². The van der Waals surface area contributed by atoms with E-state index in [1.165, 1.54) is 0 Å². The van der Waals surface area contributed by atoms with Gasteiger partial charge in [-0.05, 0) is 48.6 Å². The third-order valence-corrected chi connectivity index (χ3v) is 3.02. The van der Waals surface area contributed by atoms with E-state index in [1.54, 1.807) is 14.2 Å². The summed E-state index contributed by atoms with van der Waals surface area (Å²) in [5, 5.41) is 0. The van der Waals surface area contributed by atoms with Crippen molar-refractivity contribution < 1.29 is 9.47 Å². The normalized spacial score (nSPS) is 11.4. The number of hydrogen-bond donors (Lipinski definition) is 1. The fourth-order valence-electron chi connectivity index (χ4n) is 1.84. The standard InChI is InChI=1S/C14H23NO2/c1-10-6-13(17-5)11(7-12(10)16-4)8-14(2,3)9-15/h6-7H,8-9,15H2,1-5H3. The van der Waals surface area contributed by atoms with Crippen LogP contribution in [0.1, 0.15) is 25.0 Å². The van der Waals surface area contributed by atoms with Gasteiger partial charge in [0.2, 0.25) is 0 Å². The minimum absolute atomic E-state index is 0.0630. The van der Waals surface area contributed by atoms with Gasteiger partial charge in [0.05, 0.1) is 14.2 Å². The molecule has 0 aromatic heterocycles. The van der Waals surface area contributed by atoms with E-state index in [0.29, 0.717) is 6.54 Å². The maximum atomic E-state index is 5.77. The van der Waals surface area contributed by atoms with E-state index in [-0.39, 0.29) is 5.41 Å². The highest BCUT2D eigenvalue weighted by Gasteiger charge is 2.19. The molecule has 1 aromatic rings. The van der Waals surface area contributed by atoms with Gasteiger partial charge in [-0.3, -0.25) is 0 Å². The van der Waals surface area contributed by atoms with E-state index < -0.39 is 0 Å². The van der Waals surface area contributed by atoms with E-state index in [2.05, 4.69) is 13.8 Å². The number of rotatable bonds is 5. The average Bonchev–Trinajstić information content (AvgIpc) is 2.30. The van der Waals surface area contributed by atoms with Crippen LogP contribution in [0.5, 0.6) is 11.5 Å². The lowest BCUT2D eigenvalue weighted by molar-refractivity contribution is 0.355. The van der Waals surface area contributed by atoms with Crippen molar-refractivity contribution in [2.45, 2.75) is 27.2 Å². The maximum absolute atomic E-state index is 5.77. The molecular formula is C14H23NO2. The Morgan fingerprint density at radius 2 is 1.71 bits per heavy atom. The van der Waals surface area contributed by atoms with Crippen molar-refractivity contribution in [3.05, 3.63) is 23.3 Å². The molecule has 1 rings (SSSR count). The van der Waals surface area contributed by atoms with Gasteiger partial charge in [-0.1, -0.05) is 13.8 Å². The fourth-order valence-corrected chi connectivity index (χ4v) is 1.84. The molecule has 17 heavy (non-hydrogen) atoms. The van der Waals surface area contributed by atoms with Crippen LogP contribution in [0.3, 0.4) is 0 Å². The summed E-state index contributed by atoms with van der Waals surface area (Å²) in [6, 6.07) is 4.06. The highest BCUT2D eigenvalue weighted by molar-refractivity contribution is 5.46. The lowest BCUT2D eigenvalue weighted by atomic mass is 9.85. The smallest absolute Gasteiger partial charge is 0.122 e. The summed E-state index contributed by atoms with van der Waals surface area (Å²) in [6.07, 6.45) is 0.878. The molecule has 0 saturated carbocycles. The van der Waals surface area contributed by atoms with Crippen LogP contribution in [0.2, 0.25) is 0 Å². The number of nitrogens with two attached hydrogens (primary N) is 1. The topological polar surface area (TPSA) is 44.5 Å². The average molecular weight is 237 g/mol. The number of hydrogen-bond acceptors (Lipinski definition) is 3. The molecule has 0 fully saturated rings. The number of methoxy groups -OCH3 is 2. The number of ether oxygens (including phenoxy) is 2. The molecule has 1 aromatic carbocycles. The van der Waals surface area contributed by atoms with Gasteiger partial charge in [0, 0.05) is 0 Å². The van der Waals surface area contributed by atoms with Crippen LogP contribution in [0.25, 0.3) is 0 Å². The molecule has 2 N–H and O–H groups in total. The molecule has 96 valence electrons. The van der Waals surface area contributed by atoms with Crippen LogP contribution < -0.4 is 15.2 Å². The summed E-state index contributed by atoms with van der Waals surface area (Å²) < 4.78 is 10.8. The lowest BCUT2D eigenvalue weighted by Gasteiger charge is -2.24. The summed E-state index contributed by atoms with van der Waals surface area (Å²) >= 11 is 0. The lowest BCUT2D eigenvalue weighted by Crippen LogP contribution is -2.26. The molecule has 0 aliphatic rings. The van der Waals surface area contributed by atoms with E-state index in [0.717, 1.165) is 29.0 Å². The zero-order valence-corrected chi connectivity index (χ0v) is 11.5. The van der Waals surface area contributed by atoms with Gasteiger partial charge in [-0.2, -0.15) is 0 Å². The molecule has 0 bridgehead atoms. The fraction of sp³-hybridized carbons (Fsp3) is 0.571. The Morgan fingerprint density at radius 1 is 1.12 bits per heavy atom. The van der Waals surface area contributed by atoms with Gasteiger partial charge in [0.25, 0.3) is 0 Å². The summed E-state index contributed by atoms with van der Waals surface area (Å²) in [5.74, 6) is 1.80. The zero-order chi connectivity index (χ0) is 13.1. The van der Waals surface area contributed by atoms with Gasteiger partial charge >= 0.3 is 0 Å². The van der Waals surface area contributed by atoms with Crippen LogP contribution in [0, 0.1) is 12.3 Å². The Balaban J connectivity index is 3.12. The Hall–Kier alpha value is -1.22. The first-order valence-corrected chi connectivity index (χ1v) is 5.85. The highest BCUT2D eigenvalue weighted by atomic mass is 16.5. The Bertz CT molecular complexity index is 386. The number of aryl methyl sites for hydroxylation is 1. The third kappa shape index (κ3) is 3.37. The van der Waals surface area contributed by atoms with Crippen molar-refractivity contribution in [1.82, 2.24) is 0 Å². The largest absolute Gasteiger partial charge is 0.496 e. The number of benzene rings is 1. The first-order chi connectivity index (χ1) is 7.93. The molecule has 0 aliphatic heterocycles. The van der Waals surface area contributed by atoms with Gasteiger partial charge in [-0.15, -0.1) is 0 Å². The van der Waals surface area contributed by atoms with Gasteiger partial charge in [-0.25, -0.2) is 0 Å². The summed E-state index contributed by atoms with van der Waals surface area (Å²) in [6.45, 7) is 6.96. The molecule has 0 amide bonds. The molecular weight excluding hydrogens is 214 g/mol. The molecule has 0 atom stereocenters. The van der Waals surface area contributed by atoms with Gasteiger partial charge < -0.3 is 15.2 Å².